The number of nitrogens with two attached hydrogens (primary N) is 1. The number of aromatic nitrogens is 1. The fourth-order valence-electron chi connectivity index (χ4n) is 1.51. The number of hydrogen-bond acceptors (Lipinski definition) is 3. The molecule has 1 aromatic rings. The van der Waals surface area contributed by atoms with Crippen molar-refractivity contribution in [1.82, 2.24) is 10.3 Å². The molecule has 0 aliphatic carbocycles. The maximum Gasteiger partial charge on any atom is 0.232 e. The van der Waals surface area contributed by atoms with E-state index in [-0.39, 0.29) is 10.9 Å². The van der Waals surface area contributed by atoms with Crippen molar-refractivity contribution < 1.29 is 4.79 Å². The van der Waals surface area contributed by atoms with E-state index in [1.165, 1.54) is 0 Å². The molecule has 1 unspecified atom stereocenters. The predicted molar refractivity (Wildman–Crippen MR) is 76.1 cm³/mol. The van der Waals surface area contributed by atoms with Crippen molar-refractivity contribution in [2.75, 3.05) is 6.54 Å². The molecule has 3 N–H and O–H groups in total. The van der Waals surface area contributed by atoms with Gasteiger partial charge < -0.3 is 11.1 Å². The van der Waals surface area contributed by atoms with Crippen LogP contribution in [0.5, 0.6) is 0 Å². The van der Waals surface area contributed by atoms with Crippen LogP contribution in [0, 0.1) is 5.41 Å². The summed E-state index contributed by atoms with van der Waals surface area (Å²) in [6.45, 7) is 4.23. The number of hydrogen-bond donors (Lipinski definition) is 2. The minimum Gasteiger partial charge on any atom is -0.392 e. The van der Waals surface area contributed by atoms with Crippen molar-refractivity contribution in [3.63, 3.8) is 0 Å². The molecule has 98 valence electrons. The van der Waals surface area contributed by atoms with Gasteiger partial charge in [-0.15, -0.1) is 0 Å². The molecule has 0 radical (unpaired) electrons. The maximum absolute atomic E-state index is 12.0. The maximum atomic E-state index is 12.0. The summed E-state index contributed by atoms with van der Waals surface area (Å²) in [5.74, 6) is -0.110. The van der Waals surface area contributed by atoms with E-state index in [1.807, 2.05) is 19.1 Å². The van der Waals surface area contributed by atoms with Crippen LogP contribution in [0.4, 0.5) is 0 Å². The highest BCUT2D eigenvalue weighted by Crippen LogP contribution is 2.21. The van der Waals surface area contributed by atoms with E-state index in [2.05, 4.69) is 10.3 Å². The molecule has 1 atom stereocenters. The molecular weight excluding hydrogens is 246 g/mol. The summed E-state index contributed by atoms with van der Waals surface area (Å²) in [5.41, 5.74) is 5.96. The fourth-order valence-corrected chi connectivity index (χ4v) is 1.75. The lowest BCUT2D eigenvalue weighted by molar-refractivity contribution is -0.126. The number of pyridine rings is 1. The van der Waals surface area contributed by atoms with Crippen molar-refractivity contribution >= 4 is 23.1 Å². The molecule has 18 heavy (non-hydrogen) atoms. The third-order valence-corrected chi connectivity index (χ3v) is 3.62. The molecule has 1 aromatic heterocycles. The first-order valence-corrected chi connectivity index (χ1v) is 6.38. The minimum absolute atomic E-state index is 0.110. The van der Waals surface area contributed by atoms with Crippen molar-refractivity contribution in [3.8, 4) is 0 Å². The van der Waals surface area contributed by atoms with Gasteiger partial charge in [0.05, 0.1) is 10.4 Å². The third kappa shape index (κ3) is 3.50. The Balaban J connectivity index is 2.49. The smallest absolute Gasteiger partial charge is 0.232 e. The molecule has 0 saturated heterocycles. The molecule has 0 aliphatic rings. The topological polar surface area (TPSA) is 68.0 Å². The van der Waals surface area contributed by atoms with Crippen molar-refractivity contribution in [2.24, 2.45) is 11.1 Å². The number of amides is 1. The van der Waals surface area contributed by atoms with E-state index in [9.17, 15) is 4.79 Å². The molecule has 0 fully saturated rings. The predicted octanol–water partition coefficient (Wildman–Crippen LogP) is 1.44. The minimum atomic E-state index is -0.760. The molecule has 0 saturated carbocycles. The van der Waals surface area contributed by atoms with Gasteiger partial charge in [0.2, 0.25) is 5.91 Å². The Morgan fingerprint density at radius 1 is 1.61 bits per heavy atom. The first-order valence-electron chi connectivity index (χ1n) is 5.98. The van der Waals surface area contributed by atoms with Gasteiger partial charge in [-0.2, -0.15) is 0 Å². The Bertz CT molecular complexity index is 422. The van der Waals surface area contributed by atoms with Crippen LogP contribution in [-0.2, 0) is 11.2 Å². The Hall–Kier alpha value is -1.49. The van der Waals surface area contributed by atoms with E-state index in [4.69, 9.17) is 18.0 Å². The fraction of sp³-hybridized carbons (Fsp3) is 0.462. The van der Waals surface area contributed by atoms with Gasteiger partial charge in [-0.05, 0) is 31.4 Å². The van der Waals surface area contributed by atoms with Crippen LogP contribution >= 0.6 is 12.2 Å². The number of carbonyl (C=O) groups excluding carboxylic acids is 1. The van der Waals surface area contributed by atoms with E-state index in [0.717, 1.165) is 12.0 Å². The average Bonchev–Trinajstić information content (AvgIpc) is 2.38. The summed E-state index contributed by atoms with van der Waals surface area (Å²) in [6, 6.07) is 3.86. The molecule has 4 nitrogen and oxygen atoms in total. The van der Waals surface area contributed by atoms with Gasteiger partial charge in [-0.1, -0.05) is 25.2 Å². The highest BCUT2D eigenvalue weighted by Gasteiger charge is 2.34. The highest BCUT2D eigenvalue weighted by atomic mass is 32.1. The molecule has 5 heteroatoms. The monoisotopic (exact) mass is 265 g/mol. The number of thiocarbonyl (C=S) groups is 1. The largest absolute Gasteiger partial charge is 0.392 e. The molecule has 0 aliphatic heterocycles. The summed E-state index contributed by atoms with van der Waals surface area (Å²) in [5, 5.41) is 2.87. The standard InChI is InChI=1S/C13H19N3OS/c1-3-13(2,11(14)18)12(17)16-8-6-10-5-4-7-15-9-10/h4-5,7,9H,3,6,8H2,1-2H3,(H2,14,18)(H,16,17). The second-order valence-electron chi connectivity index (χ2n) is 4.42. The van der Waals surface area contributed by atoms with Gasteiger partial charge >= 0.3 is 0 Å². The van der Waals surface area contributed by atoms with E-state index in [0.29, 0.717) is 13.0 Å². The van der Waals surface area contributed by atoms with Gasteiger partial charge in [0.1, 0.15) is 0 Å². The van der Waals surface area contributed by atoms with Crippen LogP contribution in [0.1, 0.15) is 25.8 Å². The van der Waals surface area contributed by atoms with Crippen LogP contribution in [0.2, 0.25) is 0 Å². The molecule has 0 bridgehead atoms. The zero-order valence-electron chi connectivity index (χ0n) is 10.8. The van der Waals surface area contributed by atoms with Gasteiger partial charge in [-0.25, -0.2) is 0 Å². The van der Waals surface area contributed by atoms with Crippen LogP contribution in [0.3, 0.4) is 0 Å². The van der Waals surface area contributed by atoms with Crippen molar-refractivity contribution in [3.05, 3.63) is 30.1 Å². The van der Waals surface area contributed by atoms with Crippen molar-refractivity contribution in [1.29, 1.82) is 0 Å². The van der Waals surface area contributed by atoms with E-state index >= 15 is 0 Å². The Kier molecular flexibility index (Phi) is 5.22. The highest BCUT2D eigenvalue weighted by molar-refractivity contribution is 7.80. The first-order chi connectivity index (χ1) is 8.50. The van der Waals surface area contributed by atoms with Crippen molar-refractivity contribution in [2.45, 2.75) is 26.7 Å². The lowest BCUT2D eigenvalue weighted by atomic mass is 9.86. The van der Waals surface area contributed by atoms with Gasteiger partial charge in [0.15, 0.2) is 0 Å². The average molecular weight is 265 g/mol. The second-order valence-corrected chi connectivity index (χ2v) is 4.86. The Morgan fingerprint density at radius 3 is 2.83 bits per heavy atom. The number of nitrogens with zero attached hydrogens (tertiary/aromatic N) is 1. The SMILES string of the molecule is CCC(C)(C(=O)NCCc1cccnc1)C(N)=S. The Morgan fingerprint density at radius 2 is 2.33 bits per heavy atom. The Labute approximate surface area is 113 Å². The van der Waals surface area contributed by atoms with Gasteiger partial charge in [0.25, 0.3) is 0 Å². The zero-order valence-corrected chi connectivity index (χ0v) is 11.6. The first kappa shape index (κ1) is 14.6. The molecule has 0 spiro atoms. The molecular formula is C13H19N3OS. The summed E-state index contributed by atoms with van der Waals surface area (Å²) >= 11 is 4.96. The molecule has 1 rings (SSSR count). The normalized spacial score (nSPS) is 13.7. The lowest BCUT2D eigenvalue weighted by Crippen LogP contribution is -2.47. The number of nitrogens with one attached hydrogen (secondary N) is 1. The lowest BCUT2D eigenvalue weighted by Gasteiger charge is -2.25. The van der Waals surface area contributed by atoms with Crippen LogP contribution in [0.25, 0.3) is 0 Å². The molecule has 1 heterocycles. The third-order valence-electron chi connectivity index (χ3n) is 3.17. The number of carbonyl (C=O) groups is 1. The summed E-state index contributed by atoms with van der Waals surface area (Å²) in [6.07, 6.45) is 4.86. The van der Waals surface area contributed by atoms with E-state index < -0.39 is 5.41 Å². The number of rotatable bonds is 6. The van der Waals surface area contributed by atoms with Gasteiger partial charge in [-0.3, -0.25) is 9.78 Å². The second kappa shape index (κ2) is 6.44. The summed E-state index contributed by atoms with van der Waals surface area (Å²) in [7, 11) is 0. The van der Waals surface area contributed by atoms with Crippen LogP contribution in [-0.4, -0.2) is 22.4 Å². The molecule has 1 amide bonds. The van der Waals surface area contributed by atoms with Crippen LogP contribution in [0.15, 0.2) is 24.5 Å². The molecule has 0 aromatic carbocycles. The zero-order chi connectivity index (χ0) is 13.6. The van der Waals surface area contributed by atoms with Crippen LogP contribution < -0.4 is 11.1 Å². The summed E-state index contributed by atoms with van der Waals surface area (Å²) < 4.78 is 0. The quantitative estimate of drug-likeness (QED) is 0.764. The van der Waals surface area contributed by atoms with Gasteiger partial charge in [0, 0.05) is 18.9 Å². The van der Waals surface area contributed by atoms with E-state index in [1.54, 1.807) is 19.3 Å². The summed E-state index contributed by atoms with van der Waals surface area (Å²) in [4.78, 5) is 16.3.